The summed E-state index contributed by atoms with van der Waals surface area (Å²) in [5.41, 5.74) is 1.78. The summed E-state index contributed by atoms with van der Waals surface area (Å²) < 4.78 is 16.4. The van der Waals surface area contributed by atoms with E-state index in [4.69, 9.17) is 14.2 Å². The van der Waals surface area contributed by atoms with Gasteiger partial charge in [0.2, 0.25) is 6.41 Å². The van der Waals surface area contributed by atoms with E-state index in [0.29, 0.717) is 26.1 Å². The Labute approximate surface area is 248 Å². The monoisotopic (exact) mass is 574 g/mol. The first kappa shape index (κ1) is 34.9. The lowest BCUT2D eigenvalue weighted by Gasteiger charge is -2.39. The third-order valence-corrected chi connectivity index (χ3v) is 7.70. The summed E-state index contributed by atoms with van der Waals surface area (Å²) in [5.74, 6) is -0.0285. The first-order chi connectivity index (χ1) is 19.4. The van der Waals surface area contributed by atoms with Crippen LogP contribution in [0.5, 0.6) is 0 Å². The number of rotatable bonds is 17. The van der Waals surface area contributed by atoms with Crippen molar-refractivity contribution in [3.63, 3.8) is 0 Å². The number of nitrogens with zero attached hydrogens (tertiary/aromatic N) is 2. The van der Waals surface area contributed by atoms with E-state index < -0.39 is 18.1 Å². The summed E-state index contributed by atoms with van der Waals surface area (Å²) in [4.78, 5) is 29.1. The summed E-state index contributed by atoms with van der Waals surface area (Å²) in [6.07, 6.45) is 12.2. The highest BCUT2D eigenvalue weighted by Gasteiger charge is 2.40. The van der Waals surface area contributed by atoms with Gasteiger partial charge in [-0.2, -0.15) is 0 Å². The number of aliphatic hydroxyl groups excluding tert-OH is 1. The van der Waals surface area contributed by atoms with Crippen molar-refractivity contribution in [1.29, 1.82) is 0 Å². The number of methoxy groups -OCH3 is 1. The Morgan fingerprint density at radius 1 is 1.20 bits per heavy atom. The van der Waals surface area contributed by atoms with Crippen LogP contribution in [0.15, 0.2) is 48.6 Å². The highest BCUT2D eigenvalue weighted by atomic mass is 16.6. The molecule has 1 aliphatic heterocycles. The maximum atomic E-state index is 13.9. The maximum absolute atomic E-state index is 13.9. The van der Waals surface area contributed by atoms with Crippen LogP contribution in [0.25, 0.3) is 0 Å². The van der Waals surface area contributed by atoms with Gasteiger partial charge >= 0.3 is 5.97 Å². The average Bonchev–Trinajstić information content (AvgIpc) is 3.78. The zero-order chi connectivity index (χ0) is 30.6. The topological polar surface area (TPSA) is 88.5 Å². The minimum absolute atomic E-state index is 0.0411. The summed E-state index contributed by atoms with van der Waals surface area (Å²) in [6, 6.07) is 0.192. The van der Waals surface area contributed by atoms with Crippen LogP contribution in [0.2, 0.25) is 0 Å². The smallest absolute Gasteiger partial charge is 0.305 e. The van der Waals surface area contributed by atoms with E-state index in [9.17, 15) is 14.7 Å². The molecule has 2 aliphatic rings. The molecule has 1 heterocycles. The van der Waals surface area contributed by atoms with Gasteiger partial charge in [-0.15, -0.1) is 6.58 Å². The van der Waals surface area contributed by atoms with Crippen molar-refractivity contribution in [2.75, 3.05) is 33.4 Å². The number of aliphatic hydroxyl groups is 1. The van der Waals surface area contributed by atoms with Crippen molar-refractivity contribution >= 4 is 11.9 Å². The number of esters is 1. The lowest BCUT2D eigenvalue weighted by Crippen LogP contribution is -2.55. The van der Waals surface area contributed by atoms with Crippen LogP contribution in [0.4, 0.5) is 0 Å². The second kappa shape index (κ2) is 17.0. The quantitative estimate of drug-likeness (QED) is 0.108. The van der Waals surface area contributed by atoms with Crippen LogP contribution < -0.4 is 0 Å². The molecule has 8 nitrogen and oxygen atoms in total. The van der Waals surface area contributed by atoms with E-state index in [1.807, 2.05) is 45.6 Å². The van der Waals surface area contributed by atoms with E-state index in [1.165, 1.54) is 7.11 Å². The van der Waals surface area contributed by atoms with Crippen LogP contribution in [0, 0.1) is 11.8 Å². The number of carbonyl (C=O) groups is 2. The van der Waals surface area contributed by atoms with Gasteiger partial charge in [-0.05, 0) is 84.6 Å². The molecule has 41 heavy (non-hydrogen) atoms. The fraction of sp³-hybridized carbons (Fsp3) is 0.697. The minimum atomic E-state index is -1.09. The Hall–Kier alpha value is -2.26. The van der Waals surface area contributed by atoms with E-state index in [0.717, 1.165) is 49.7 Å². The van der Waals surface area contributed by atoms with Gasteiger partial charge in [0.15, 0.2) is 0 Å². The van der Waals surface area contributed by atoms with Gasteiger partial charge in [0.25, 0.3) is 5.91 Å². The third-order valence-electron chi connectivity index (χ3n) is 7.70. The molecule has 0 bridgehead atoms. The predicted octanol–water partition coefficient (Wildman–Crippen LogP) is 5.39. The van der Waals surface area contributed by atoms with Crippen LogP contribution in [0.3, 0.4) is 0 Å². The molecule has 2 rings (SSSR count). The molecule has 0 spiro atoms. The summed E-state index contributed by atoms with van der Waals surface area (Å²) >= 11 is 0. The molecule has 4 unspecified atom stereocenters. The van der Waals surface area contributed by atoms with Crippen molar-refractivity contribution in [2.45, 2.75) is 104 Å². The van der Waals surface area contributed by atoms with E-state index >= 15 is 0 Å². The van der Waals surface area contributed by atoms with Crippen molar-refractivity contribution < 1.29 is 28.9 Å². The molecule has 0 aromatic carbocycles. The number of carbonyl (C=O) groups excluding carboxylic acids is 2. The highest BCUT2D eigenvalue weighted by molar-refractivity contribution is 5.82. The van der Waals surface area contributed by atoms with Crippen molar-refractivity contribution in [3.05, 3.63) is 48.6 Å². The van der Waals surface area contributed by atoms with E-state index in [-0.39, 0.29) is 36.3 Å². The van der Waals surface area contributed by atoms with Gasteiger partial charge in [-0.3, -0.25) is 9.59 Å². The number of ether oxygens (including phenoxy) is 3. The molecule has 1 saturated carbocycles. The van der Waals surface area contributed by atoms with Gasteiger partial charge in [-0.25, -0.2) is 4.90 Å². The van der Waals surface area contributed by atoms with Gasteiger partial charge in [0, 0.05) is 38.0 Å². The Morgan fingerprint density at radius 3 is 2.44 bits per heavy atom. The van der Waals surface area contributed by atoms with Gasteiger partial charge in [0.1, 0.15) is 6.10 Å². The van der Waals surface area contributed by atoms with Crippen molar-refractivity contribution in [3.8, 4) is 0 Å². The predicted molar refractivity (Wildman–Crippen MR) is 163 cm³/mol. The van der Waals surface area contributed by atoms with Gasteiger partial charge in [0.05, 0.1) is 19.3 Å². The van der Waals surface area contributed by atoms with Gasteiger partial charge in [-0.1, -0.05) is 36.5 Å². The largest absolute Gasteiger partial charge is 0.469 e. The van der Waals surface area contributed by atoms with Crippen molar-refractivity contribution in [1.82, 2.24) is 9.80 Å². The second-order valence-corrected chi connectivity index (χ2v) is 12.1. The molecule has 2 fully saturated rings. The number of allylic oxidation sites excluding steroid dienone is 5. The average molecular weight is 575 g/mol. The Morgan fingerprint density at radius 2 is 1.88 bits per heavy atom. The van der Waals surface area contributed by atoms with Crippen LogP contribution in [0.1, 0.15) is 79.6 Å². The number of hydrogen-bond acceptors (Lipinski definition) is 7. The standard InChI is InChI=1S/C33H54N2O6/c1-9-14-27(24(4)16-12-13-17-30(36)39-8)28(15-10-2)25(11-3)22-35(26-18-19-26)31(37)29-23-34(20-21-40-29)32(38)41-33(5,6)7/h9-11,15,26-29,32,38H,1,4,12-14,16-23H2,2-3,5-8H3/b15-10-,25-11-. The number of unbranched alkanes of at least 4 members (excludes halogenated alkanes) is 1. The molecular formula is C33H54N2O6. The SMILES string of the molecule is C=CCC(C(=C)CCCCC(=O)OC)C(/C=C\C)/C(=C\C)CN(C(=O)C1CN(C(O)OC(C)(C)C)CCO1)C1CC1. The molecule has 0 aromatic rings. The number of amides is 1. The fourth-order valence-electron chi connectivity index (χ4n) is 5.33. The first-order valence-electron chi connectivity index (χ1n) is 15.1. The number of hydrogen-bond donors (Lipinski definition) is 1. The zero-order valence-electron chi connectivity index (χ0n) is 26.3. The number of morpholine rings is 1. The Kier molecular flexibility index (Phi) is 14.5. The molecule has 1 amide bonds. The Bertz CT molecular complexity index is 932. The molecule has 232 valence electrons. The molecular weight excluding hydrogens is 520 g/mol. The zero-order valence-corrected chi connectivity index (χ0v) is 26.3. The second-order valence-electron chi connectivity index (χ2n) is 12.1. The molecule has 1 N–H and O–H groups in total. The molecule has 0 radical (unpaired) electrons. The fourth-order valence-corrected chi connectivity index (χ4v) is 5.33. The highest BCUT2D eigenvalue weighted by Crippen LogP contribution is 2.36. The third kappa shape index (κ3) is 11.5. The van der Waals surface area contributed by atoms with Crippen molar-refractivity contribution in [2.24, 2.45) is 11.8 Å². The van der Waals surface area contributed by atoms with E-state index in [2.05, 4.69) is 31.4 Å². The lowest BCUT2D eigenvalue weighted by molar-refractivity contribution is -0.254. The molecule has 8 heteroatoms. The first-order valence-corrected chi connectivity index (χ1v) is 15.1. The maximum Gasteiger partial charge on any atom is 0.305 e. The summed E-state index contributed by atoms with van der Waals surface area (Å²) in [5, 5.41) is 10.6. The lowest BCUT2D eigenvalue weighted by atomic mass is 9.77. The van der Waals surface area contributed by atoms with Gasteiger partial charge < -0.3 is 24.2 Å². The minimum Gasteiger partial charge on any atom is -0.469 e. The molecule has 4 atom stereocenters. The molecule has 0 aromatic heterocycles. The molecule has 1 saturated heterocycles. The summed E-state index contributed by atoms with van der Waals surface area (Å²) in [6.45, 7) is 19.8. The van der Waals surface area contributed by atoms with Crippen LogP contribution in [-0.4, -0.2) is 84.3 Å². The summed E-state index contributed by atoms with van der Waals surface area (Å²) in [7, 11) is 1.42. The normalized spacial score (nSPS) is 20.9. The van der Waals surface area contributed by atoms with Crippen LogP contribution in [-0.2, 0) is 23.8 Å². The van der Waals surface area contributed by atoms with E-state index in [1.54, 1.807) is 4.90 Å². The molecule has 1 aliphatic carbocycles. The Balaban J connectivity index is 2.16. The van der Waals surface area contributed by atoms with Crippen LogP contribution >= 0.6 is 0 Å².